The van der Waals surface area contributed by atoms with Crippen LogP contribution in [-0.2, 0) is 6.54 Å². The summed E-state index contributed by atoms with van der Waals surface area (Å²) in [6.07, 6.45) is 10.5. The Morgan fingerprint density at radius 2 is 1.75 bits per heavy atom. The van der Waals surface area contributed by atoms with Crippen LogP contribution in [0.3, 0.4) is 0 Å². The van der Waals surface area contributed by atoms with E-state index in [4.69, 9.17) is 5.73 Å². The van der Waals surface area contributed by atoms with Gasteiger partial charge in [0.15, 0.2) is 0 Å². The van der Waals surface area contributed by atoms with Gasteiger partial charge in [0.25, 0.3) is 5.91 Å². The average molecular weight is 428 g/mol. The maximum atomic E-state index is 12.8. The van der Waals surface area contributed by atoms with E-state index < -0.39 is 0 Å². The first kappa shape index (κ1) is 19.5. The van der Waals surface area contributed by atoms with Gasteiger partial charge in [0.2, 0.25) is 0 Å². The zero-order valence-electron chi connectivity index (χ0n) is 18.2. The maximum Gasteiger partial charge on any atom is 0.255 e. The summed E-state index contributed by atoms with van der Waals surface area (Å²) in [4.78, 5) is 12.8. The predicted octanol–water partition coefficient (Wildman–Crippen LogP) is 5.00. The Kier molecular flexibility index (Phi) is 4.56. The van der Waals surface area contributed by atoms with Crippen LogP contribution in [0.4, 0.5) is 11.4 Å². The van der Waals surface area contributed by atoms with Crippen molar-refractivity contribution in [3.05, 3.63) is 60.3 Å². The number of para-hydroxylation sites is 2. The van der Waals surface area contributed by atoms with Crippen LogP contribution < -0.4 is 11.1 Å². The minimum atomic E-state index is -0.189. The second-order valence-electron chi connectivity index (χ2n) is 10.3. The predicted molar refractivity (Wildman–Crippen MR) is 125 cm³/mol. The fourth-order valence-corrected chi connectivity index (χ4v) is 6.96. The lowest BCUT2D eigenvalue weighted by molar-refractivity contribution is -0.0637. The second kappa shape index (κ2) is 7.47. The van der Waals surface area contributed by atoms with E-state index in [1.54, 1.807) is 18.2 Å². The topological polar surface area (TPSA) is 85.8 Å². The van der Waals surface area contributed by atoms with Crippen LogP contribution in [0.15, 0.2) is 54.7 Å². The minimum Gasteiger partial charge on any atom is -0.397 e. The van der Waals surface area contributed by atoms with Gasteiger partial charge < -0.3 is 11.1 Å². The quantitative estimate of drug-likeness (QED) is 0.561. The molecule has 0 spiro atoms. The molecule has 2 aromatic carbocycles. The van der Waals surface area contributed by atoms with Gasteiger partial charge in [-0.25, -0.2) is 0 Å². The Hall–Kier alpha value is -3.15. The Labute approximate surface area is 188 Å². The molecule has 1 amide bonds. The largest absolute Gasteiger partial charge is 0.397 e. The van der Waals surface area contributed by atoms with Crippen LogP contribution in [0, 0.1) is 23.2 Å². The lowest BCUT2D eigenvalue weighted by Crippen LogP contribution is -2.48. The van der Waals surface area contributed by atoms with Gasteiger partial charge in [-0.05, 0) is 86.0 Å². The van der Waals surface area contributed by atoms with Gasteiger partial charge in [-0.1, -0.05) is 29.5 Å². The zero-order chi connectivity index (χ0) is 21.7. The molecule has 32 heavy (non-hydrogen) atoms. The molecule has 3 N–H and O–H groups in total. The van der Waals surface area contributed by atoms with Crippen molar-refractivity contribution in [1.29, 1.82) is 0 Å². The fourth-order valence-electron chi connectivity index (χ4n) is 6.96. The molecule has 4 aliphatic rings. The number of nitrogen functional groups attached to an aromatic ring is 1. The molecule has 1 aromatic heterocycles. The number of carbonyl (C=O) groups excluding carboxylic acids is 1. The molecule has 4 aliphatic carbocycles. The molecule has 0 unspecified atom stereocenters. The Balaban J connectivity index is 1.19. The molecule has 6 nitrogen and oxygen atoms in total. The molecule has 4 fully saturated rings. The highest BCUT2D eigenvalue weighted by atomic mass is 16.1. The zero-order valence-corrected chi connectivity index (χ0v) is 18.2. The van der Waals surface area contributed by atoms with Crippen molar-refractivity contribution in [3.8, 4) is 11.3 Å². The molecule has 3 aromatic rings. The number of nitrogens with zero attached hydrogens (tertiary/aromatic N) is 3. The maximum absolute atomic E-state index is 12.8. The summed E-state index contributed by atoms with van der Waals surface area (Å²) in [7, 11) is 0. The van der Waals surface area contributed by atoms with Gasteiger partial charge in [0.1, 0.15) is 5.69 Å². The number of nitrogens with one attached hydrogen (secondary N) is 1. The molecular formula is C26H29N5O. The highest BCUT2D eigenvalue weighted by Crippen LogP contribution is 2.60. The Morgan fingerprint density at radius 3 is 2.47 bits per heavy atom. The number of hydrogen-bond acceptors (Lipinski definition) is 4. The fraction of sp³-hybridized carbons (Fsp3) is 0.423. The van der Waals surface area contributed by atoms with E-state index in [2.05, 4.69) is 15.6 Å². The van der Waals surface area contributed by atoms with Crippen LogP contribution >= 0.6 is 0 Å². The van der Waals surface area contributed by atoms with Gasteiger partial charge in [0, 0.05) is 17.7 Å². The van der Waals surface area contributed by atoms with E-state index in [0.717, 1.165) is 35.6 Å². The summed E-state index contributed by atoms with van der Waals surface area (Å²) in [5.74, 6) is 2.60. The summed E-state index contributed by atoms with van der Waals surface area (Å²) in [6.45, 7) is 0.969. The number of amides is 1. The van der Waals surface area contributed by atoms with Gasteiger partial charge in [-0.3, -0.25) is 9.48 Å². The Morgan fingerprint density at radius 1 is 1.03 bits per heavy atom. The summed E-state index contributed by atoms with van der Waals surface area (Å²) in [6, 6.07) is 14.8. The third kappa shape index (κ3) is 3.57. The second-order valence-corrected chi connectivity index (χ2v) is 10.3. The van der Waals surface area contributed by atoms with E-state index in [1.807, 2.05) is 41.2 Å². The molecule has 164 valence electrons. The SMILES string of the molecule is Nc1ccccc1NC(=O)c1cccc(-c2cn(CC34CC5CC(CC(C5)C3)C4)nn2)c1. The smallest absolute Gasteiger partial charge is 0.255 e. The molecule has 0 saturated heterocycles. The van der Waals surface area contributed by atoms with Gasteiger partial charge in [0.05, 0.1) is 17.6 Å². The summed E-state index contributed by atoms with van der Waals surface area (Å²) < 4.78 is 2.04. The first-order valence-corrected chi connectivity index (χ1v) is 11.7. The van der Waals surface area contributed by atoms with Crippen LogP contribution in [0.1, 0.15) is 48.9 Å². The lowest BCUT2D eigenvalue weighted by atomic mass is 9.49. The van der Waals surface area contributed by atoms with Crippen molar-refractivity contribution in [1.82, 2.24) is 15.0 Å². The average Bonchev–Trinajstić information content (AvgIpc) is 3.22. The van der Waals surface area contributed by atoms with Crippen molar-refractivity contribution in [2.75, 3.05) is 11.1 Å². The van der Waals surface area contributed by atoms with E-state index in [1.165, 1.54) is 38.5 Å². The standard InChI is InChI=1S/C26H29N5O/c27-22-6-1-2-7-23(22)28-25(32)21-5-3-4-20(11-21)24-15-31(30-29-24)16-26-12-17-8-18(13-26)10-19(9-17)14-26/h1-7,11,15,17-19H,8-10,12-14,16,27H2,(H,28,32). The minimum absolute atomic E-state index is 0.189. The summed E-state index contributed by atoms with van der Waals surface area (Å²) in [5, 5.41) is 11.8. The Bertz CT molecular complexity index is 1130. The first-order chi connectivity index (χ1) is 15.6. The van der Waals surface area contributed by atoms with E-state index in [-0.39, 0.29) is 5.91 Å². The molecule has 4 bridgehead atoms. The van der Waals surface area contributed by atoms with Crippen molar-refractivity contribution >= 4 is 17.3 Å². The van der Waals surface area contributed by atoms with E-state index in [0.29, 0.717) is 22.4 Å². The molecular weight excluding hydrogens is 398 g/mol. The first-order valence-electron chi connectivity index (χ1n) is 11.7. The van der Waals surface area contributed by atoms with Gasteiger partial charge in [-0.15, -0.1) is 5.10 Å². The number of nitrogens with two attached hydrogens (primary N) is 1. The van der Waals surface area contributed by atoms with Crippen LogP contribution in [0.2, 0.25) is 0 Å². The third-order valence-corrected chi connectivity index (χ3v) is 7.83. The molecule has 0 atom stereocenters. The van der Waals surface area contributed by atoms with Crippen molar-refractivity contribution in [3.63, 3.8) is 0 Å². The molecule has 0 radical (unpaired) electrons. The third-order valence-electron chi connectivity index (χ3n) is 7.83. The van der Waals surface area contributed by atoms with Crippen LogP contribution in [-0.4, -0.2) is 20.9 Å². The monoisotopic (exact) mass is 427 g/mol. The number of hydrogen-bond donors (Lipinski definition) is 2. The lowest BCUT2D eigenvalue weighted by Gasteiger charge is -2.56. The molecule has 7 rings (SSSR count). The molecule has 1 heterocycles. The van der Waals surface area contributed by atoms with E-state index >= 15 is 0 Å². The number of aromatic nitrogens is 3. The van der Waals surface area contributed by atoms with Crippen LogP contribution in [0.5, 0.6) is 0 Å². The van der Waals surface area contributed by atoms with Gasteiger partial charge in [-0.2, -0.15) is 0 Å². The number of carbonyl (C=O) groups is 1. The molecule has 4 saturated carbocycles. The summed E-state index contributed by atoms with van der Waals surface area (Å²) in [5.41, 5.74) is 9.81. The van der Waals surface area contributed by atoms with E-state index in [9.17, 15) is 4.79 Å². The summed E-state index contributed by atoms with van der Waals surface area (Å²) >= 11 is 0. The van der Waals surface area contributed by atoms with Crippen molar-refractivity contribution in [2.24, 2.45) is 23.2 Å². The molecule has 6 heteroatoms. The van der Waals surface area contributed by atoms with Gasteiger partial charge >= 0.3 is 0 Å². The number of rotatable bonds is 5. The van der Waals surface area contributed by atoms with Crippen LogP contribution in [0.25, 0.3) is 11.3 Å². The number of anilines is 2. The number of benzene rings is 2. The highest BCUT2D eigenvalue weighted by molar-refractivity contribution is 6.06. The highest BCUT2D eigenvalue weighted by Gasteiger charge is 2.51. The molecule has 0 aliphatic heterocycles. The van der Waals surface area contributed by atoms with Crippen molar-refractivity contribution < 1.29 is 4.79 Å². The van der Waals surface area contributed by atoms with Crippen molar-refractivity contribution in [2.45, 2.75) is 45.1 Å². The normalized spacial score (nSPS) is 28.1.